The topological polar surface area (TPSA) is 62.0 Å². The van der Waals surface area contributed by atoms with E-state index in [4.69, 9.17) is 5.73 Å². The van der Waals surface area contributed by atoms with E-state index in [2.05, 4.69) is 4.98 Å². The average molecular weight is 190 g/mol. The molecule has 1 heterocycles. The number of H-pyrrole nitrogens is 1. The van der Waals surface area contributed by atoms with Gasteiger partial charge in [-0.25, -0.2) is 0 Å². The first-order valence-corrected chi connectivity index (χ1v) is 4.81. The minimum absolute atomic E-state index is 0.307. The van der Waals surface area contributed by atoms with Gasteiger partial charge in [0.1, 0.15) is 5.75 Å². The summed E-state index contributed by atoms with van der Waals surface area (Å²) in [5, 5.41) is 10.6. The van der Waals surface area contributed by atoms with E-state index >= 15 is 0 Å². The highest BCUT2D eigenvalue weighted by atomic mass is 16.3. The molecule has 0 saturated carbocycles. The number of fused-ring (bicyclic) bond motifs is 1. The second-order valence-corrected chi connectivity index (χ2v) is 3.41. The van der Waals surface area contributed by atoms with Gasteiger partial charge in [-0.15, -0.1) is 0 Å². The van der Waals surface area contributed by atoms with Gasteiger partial charge < -0.3 is 15.8 Å². The van der Waals surface area contributed by atoms with E-state index in [9.17, 15) is 5.11 Å². The summed E-state index contributed by atoms with van der Waals surface area (Å²) >= 11 is 0. The minimum Gasteiger partial charge on any atom is -0.506 e. The number of hydrogen-bond acceptors (Lipinski definition) is 2. The van der Waals surface area contributed by atoms with Crippen LogP contribution in [0.1, 0.15) is 12.0 Å². The highest BCUT2D eigenvalue weighted by Crippen LogP contribution is 2.26. The Bertz CT molecular complexity index is 434. The fourth-order valence-electron chi connectivity index (χ4n) is 1.70. The van der Waals surface area contributed by atoms with Gasteiger partial charge in [0.15, 0.2) is 0 Å². The van der Waals surface area contributed by atoms with Gasteiger partial charge in [-0.05, 0) is 31.0 Å². The van der Waals surface area contributed by atoms with Crippen molar-refractivity contribution in [3.63, 3.8) is 0 Å². The molecule has 4 N–H and O–H groups in total. The number of hydrogen-bond donors (Lipinski definition) is 3. The molecule has 0 atom stereocenters. The molecule has 0 amide bonds. The first-order chi connectivity index (χ1) is 6.83. The van der Waals surface area contributed by atoms with Crippen LogP contribution in [0.25, 0.3) is 10.9 Å². The lowest BCUT2D eigenvalue weighted by Gasteiger charge is -1.97. The zero-order valence-electron chi connectivity index (χ0n) is 7.96. The van der Waals surface area contributed by atoms with Crippen molar-refractivity contribution in [1.29, 1.82) is 0 Å². The van der Waals surface area contributed by atoms with E-state index in [1.54, 1.807) is 6.07 Å². The summed E-state index contributed by atoms with van der Waals surface area (Å²) in [7, 11) is 0. The SMILES string of the molecule is NCCCc1c[nH]c2c(O)cccc12. The van der Waals surface area contributed by atoms with Crippen LogP contribution in [0.15, 0.2) is 24.4 Å². The summed E-state index contributed by atoms with van der Waals surface area (Å²) in [5.74, 6) is 0.307. The van der Waals surface area contributed by atoms with Crippen molar-refractivity contribution < 1.29 is 5.11 Å². The van der Waals surface area contributed by atoms with Crippen molar-refractivity contribution in [2.45, 2.75) is 12.8 Å². The maximum absolute atomic E-state index is 9.55. The van der Waals surface area contributed by atoms with Crippen LogP contribution in [-0.4, -0.2) is 16.6 Å². The molecular weight excluding hydrogens is 176 g/mol. The molecule has 1 aromatic heterocycles. The lowest BCUT2D eigenvalue weighted by Crippen LogP contribution is -1.99. The molecule has 14 heavy (non-hydrogen) atoms. The second-order valence-electron chi connectivity index (χ2n) is 3.41. The number of rotatable bonds is 3. The quantitative estimate of drug-likeness (QED) is 0.690. The smallest absolute Gasteiger partial charge is 0.139 e. The number of phenols is 1. The molecule has 2 rings (SSSR count). The molecule has 0 spiro atoms. The molecule has 0 unspecified atom stereocenters. The van der Waals surface area contributed by atoms with E-state index in [-0.39, 0.29) is 0 Å². The predicted octanol–water partition coefficient (Wildman–Crippen LogP) is 1.76. The van der Waals surface area contributed by atoms with E-state index in [0.29, 0.717) is 12.3 Å². The fourth-order valence-corrected chi connectivity index (χ4v) is 1.70. The number of benzene rings is 1. The number of nitrogens with one attached hydrogen (secondary N) is 1. The molecule has 0 aliphatic heterocycles. The maximum Gasteiger partial charge on any atom is 0.139 e. The first-order valence-electron chi connectivity index (χ1n) is 4.81. The Morgan fingerprint density at radius 3 is 3.00 bits per heavy atom. The second kappa shape index (κ2) is 3.72. The van der Waals surface area contributed by atoms with Crippen LogP contribution in [0.2, 0.25) is 0 Å². The number of phenolic OH excluding ortho intramolecular Hbond substituents is 1. The minimum atomic E-state index is 0.307. The van der Waals surface area contributed by atoms with Crippen molar-refractivity contribution >= 4 is 10.9 Å². The third kappa shape index (κ3) is 1.46. The fraction of sp³-hybridized carbons (Fsp3) is 0.273. The summed E-state index contributed by atoms with van der Waals surface area (Å²) in [6.07, 6.45) is 3.88. The Morgan fingerprint density at radius 2 is 2.21 bits per heavy atom. The van der Waals surface area contributed by atoms with Crippen molar-refractivity contribution in [3.05, 3.63) is 30.0 Å². The van der Waals surface area contributed by atoms with E-state index in [0.717, 1.165) is 23.7 Å². The molecule has 0 fully saturated rings. The van der Waals surface area contributed by atoms with Crippen LogP contribution >= 0.6 is 0 Å². The molecular formula is C11H14N2O. The van der Waals surface area contributed by atoms with Gasteiger partial charge >= 0.3 is 0 Å². The number of aromatic hydroxyl groups is 1. The van der Waals surface area contributed by atoms with Crippen LogP contribution in [-0.2, 0) is 6.42 Å². The summed E-state index contributed by atoms with van der Waals surface area (Å²) in [4.78, 5) is 3.07. The standard InChI is InChI=1S/C11H14N2O/c12-6-2-3-8-7-13-11-9(8)4-1-5-10(11)14/h1,4-5,7,13-14H,2-3,6,12H2. The lowest BCUT2D eigenvalue weighted by atomic mass is 10.1. The first kappa shape index (κ1) is 9.09. The van der Waals surface area contributed by atoms with Crippen molar-refractivity contribution in [2.75, 3.05) is 6.54 Å². The summed E-state index contributed by atoms with van der Waals surface area (Å²) in [6.45, 7) is 0.700. The Hall–Kier alpha value is -1.48. The molecule has 2 aromatic rings. The molecule has 0 aliphatic rings. The molecule has 0 saturated heterocycles. The van der Waals surface area contributed by atoms with Crippen molar-refractivity contribution in [3.8, 4) is 5.75 Å². The summed E-state index contributed by atoms with van der Waals surface area (Å²) < 4.78 is 0. The van der Waals surface area contributed by atoms with Gasteiger partial charge in [0.05, 0.1) is 5.52 Å². The highest BCUT2D eigenvalue weighted by molar-refractivity contribution is 5.87. The highest BCUT2D eigenvalue weighted by Gasteiger charge is 2.05. The molecule has 3 nitrogen and oxygen atoms in total. The third-order valence-corrected chi connectivity index (χ3v) is 2.43. The Morgan fingerprint density at radius 1 is 1.36 bits per heavy atom. The number of aryl methyl sites for hydroxylation is 1. The normalized spacial score (nSPS) is 10.9. The summed E-state index contributed by atoms with van der Waals surface area (Å²) in [5.41, 5.74) is 7.50. The van der Waals surface area contributed by atoms with E-state index < -0.39 is 0 Å². The number of aromatic nitrogens is 1. The predicted molar refractivity (Wildman–Crippen MR) is 57.3 cm³/mol. The summed E-state index contributed by atoms with van der Waals surface area (Å²) in [6, 6.07) is 5.56. The number of para-hydroxylation sites is 1. The van der Waals surface area contributed by atoms with Gasteiger partial charge in [-0.1, -0.05) is 12.1 Å². The third-order valence-electron chi connectivity index (χ3n) is 2.43. The Labute approximate surface area is 82.6 Å². The number of aromatic amines is 1. The largest absolute Gasteiger partial charge is 0.506 e. The Kier molecular flexibility index (Phi) is 2.41. The molecule has 0 bridgehead atoms. The van der Waals surface area contributed by atoms with Gasteiger partial charge in [0, 0.05) is 11.6 Å². The molecule has 74 valence electrons. The molecule has 1 aromatic carbocycles. The van der Waals surface area contributed by atoms with Crippen LogP contribution in [0.5, 0.6) is 5.75 Å². The van der Waals surface area contributed by atoms with Crippen molar-refractivity contribution in [2.24, 2.45) is 5.73 Å². The van der Waals surface area contributed by atoms with E-state index in [1.165, 1.54) is 5.56 Å². The zero-order chi connectivity index (χ0) is 9.97. The van der Waals surface area contributed by atoms with Crippen LogP contribution in [0, 0.1) is 0 Å². The van der Waals surface area contributed by atoms with E-state index in [1.807, 2.05) is 18.3 Å². The number of nitrogens with two attached hydrogens (primary N) is 1. The molecule has 0 radical (unpaired) electrons. The average Bonchev–Trinajstić information content (AvgIpc) is 2.60. The van der Waals surface area contributed by atoms with Crippen LogP contribution < -0.4 is 5.73 Å². The maximum atomic E-state index is 9.55. The Balaban J connectivity index is 2.42. The monoisotopic (exact) mass is 190 g/mol. The van der Waals surface area contributed by atoms with Gasteiger partial charge in [0.25, 0.3) is 0 Å². The lowest BCUT2D eigenvalue weighted by molar-refractivity contribution is 0.480. The van der Waals surface area contributed by atoms with Gasteiger partial charge in [0.2, 0.25) is 0 Å². The molecule has 0 aliphatic carbocycles. The van der Waals surface area contributed by atoms with Gasteiger partial charge in [-0.3, -0.25) is 0 Å². The van der Waals surface area contributed by atoms with Crippen LogP contribution in [0.3, 0.4) is 0 Å². The zero-order valence-corrected chi connectivity index (χ0v) is 7.96. The van der Waals surface area contributed by atoms with Crippen LogP contribution in [0.4, 0.5) is 0 Å². The molecule has 3 heteroatoms. The van der Waals surface area contributed by atoms with Gasteiger partial charge in [-0.2, -0.15) is 0 Å². The van der Waals surface area contributed by atoms with Crippen molar-refractivity contribution in [1.82, 2.24) is 4.98 Å².